The molecule has 4 atom stereocenters. The number of carbonyl (C=O) groups excluding carboxylic acids is 3. The first kappa shape index (κ1) is 15.5. The molecule has 1 saturated heterocycles. The van der Waals surface area contributed by atoms with E-state index in [0.29, 0.717) is 12.1 Å². The van der Waals surface area contributed by atoms with Gasteiger partial charge in [-0.05, 0) is 29.2 Å². The smallest absolute Gasteiger partial charge is 0.238 e. The Labute approximate surface area is 151 Å². The first-order chi connectivity index (χ1) is 12.6. The normalized spacial score (nSPS) is 29.1. The topological polar surface area (TPSA) is 54.5 Å². The Kier molecular flexibility index (Phi) is 3.20. The van der Waals surface area contributed by atoms with Gasteiger partial charge in [0.25, 0.3) is 0 Å². The van der Waals surface area contributed by atoms with Gasteiger partial charge >= 0.3 is 0 Å². The van der Waals surface area contributed by atoms with Crippen molar-refractivity contribution in [2.24, 2.45) is 11.8 Å². The van der Waals surface area contributed by atoms with Gasteiger partial charge in [-0.15, -0.1) is 0 Å². The number of carbonyl (C=O) groups is 3. The first-order valence-corrected chi connectivity index (χ1v) is 9.20. The van der Waals surface area contributed by atoms with Crippen molar-refractivity contribution in [2.45, 2.75) is 31.6 Å². The Hall–Kier alpha value is -2.75. The van der Waals surface area contributed by atoms with E-state index in [1.165, 1.54) is 4.90 Å². The van der Waals surface area contributed by atoms with Crippen LogP contribution < -0.4 is 4.90 Å². The summed E-state index contributed by atoms with van der Waals surface area (Å²) in [5, 5.41) is 0. The van der Waals surface area contributed by atoms with Crippen LogP contribution in [0.1, 0.15) is 41.9 Å². The number of hydrogen-bond acceptors (Lipinski definition) is 3. The van der Waals surface area contributed by atoms with Crippen LogP contribution in [0.3, 0.4) is 0 Å². The molecule has 6 rings (SSSR count). The van der Waals surface area contributed by atoms with Crippen LogP contribution >= 0.6 is 0 Å². The number of benzene rings is 2. The molecule has 2 amide bonds. The van der Waals surface area contributed by atoms with Crippen molar-refractivity contribution in [1.29, 1.82) is 0 Å². The number of rotatable bonds is 2. The Balaban J connectivity index is 1.67. The van der Waals surface area contributed by atoms with Gasteiger partial charge in [-0.3, -0.25) is 14.4 Å². The summed E-state index contributed by atoms with van der Waals surface area (Å²) in [7, 11) is 0. The quantitative estimate of drug-likeness (QED) is 0.786. The number of Topliss-reactive ketones (excluding diaryl/α,β-unsaturated/α-hetero) is 1. The van der Waals surface area contributed by atoms with E-state index < -0.39 is 17.8 Å². The summed E-state index contributed by atoms with van der Waals surface area (Å²) >= 11 is 0. The Morgan fingerprint density at radius 2 is 1.54 bits per heavy atom. The van der Waals surface area contributed by atoms with Crippen molar-refractivity contribution < 1.29 is 14.4 Å². The number of aryl methyl sites for hydroxylation is 1. The van der Waals surface area contributed by atoms with Crippen LogP contribution in [0.4, 0.5) is 5.69 Å². The summed E-state index contributed by atoms with van der Waals surface area (Å²) in [6.45, 7) is 2.01. The molecule has 26 heavy (non-hydrogen) atoms. The van der Waals surface area contributed by atoms with Gasteiger partial charge in [-0.2, -0.15) is 0 Å². The molecular formula is C22H19NO3. The molecule has 1 aliphatic heterocycles. The van der Waals surface area contributed by atoms with Crippen LogP contribution in [0.25, 0.3) is 0 Å². The molecule has 0 N–H and O–H groups in total. The van der Waals surface area contributed by atoms with Crippen molar-refractivity contribution >= 4 is 23.3 Å². The predicted octanol–water partition coefficient (Wildman–Crippen LogP) is 3.21. The number of imide groups is 1. The molecule has 0 spiro atoms. The number of amides is 2. The number of para-hydroxylation sites is 1. The summed E-state index contributed by atoms with van der Waals surface area (Å²) in [6, 6.07) is 15.4. The van der Waals surface area contributed by atoms with Crippen LogP contribution in [0, 0.1) is 11.8 Å². The maximum atomic E-state index is 13.3. The number of hydrogen-bond donors (Lipinski definition) is 0. The molecule has 0 unspecified atom stereocenters. The zero-order valence-corrected chi connectivity index (χ0v) is 14.5. The Morgan fingerprint density at radius 1 is 0.885 bits per heavy atom. The van der Waals surface area contributed by atoms with E-state index in [-0.39, 0.29) is 23.5 Å². The lowest BCUT2D eigenvalue weighted by Crippen LogP contribution is -2.44. The SMILES string of the molecule is CCc1ccccc1N1C(=O)[C@@H]2[C@H](C1=O)[C@H]1CC(=O)[C@@H]2c2ccccc21. The first-order valence-electron chi connectivity index (χ1n) is 9.20. The van der Waals surface area contributed by atoms with E-state index in [0.717, 1.165) is 23.1 Å². The molecule has 130 valence electrons. The van der Waals surface area contributed by atoms with Crippen molar-refractivity contribution in [1.82, 2.24) is 0 Å². The minimum atomic E-state index is -0.548. The van der Waals surface area contributed by atoms with Crippen LogP contribution in [0.15, 0.2) is 48.5 Å². The molecule has 2 aromatic carbocycles. The second-order valence-electron chi connectivity index (χ2n) is 7.43. The predicted molar refractivity (Wildman–Crippen MR) is 96.8 cm³/mol. The zero-order valence-electron chi connectivity index (χ0n) is 14.5. The fraction of sp³-hybridized carbons (Fsp3) is 0.318. The Morgan fingerprint density at radius 3 is 2.31 bits per heavy atom. The molecule has 2 fully saturated rings. The van der Waals surface area contributed by atoms with Crippen molar-refractivity contribution in [3.63, 3.8) is 0 Å². The van der Waals surface area contributed by atoms with Gasteiger partial charge in [-0.1, -0.05) is 49.4 Å². The molecule has 3 aliphatic carbocycles. The molecule has 1 saturated carbocycles. The summed E-state index contributed by atoms with van der Waals surface area (Å²) < 4.78 is 0. The van der Waals surface area contributed by atoms with E-state index in [9.17, 15) is 14.4 Å². The minimum Gasteiger partial charge on any atom is -0.299 e. The molecule has 0 aromatic heterocycles. The third-order valence-electron chi connectivity index (χ3n) is 6.30. The zero-order chi connectivity index (χ0) is 18.0. The maximum Gasteiger partial charge on any atom is 0.238 e. The molecule has 2 aromatic rings. The fourth-order valence-corrected chi connectivity index (χ4v) is 5.22. The van der Waals surface area contributed by atoms with Crippen molar-refractivity contribution in [3.8, 4) is 0 Å². The number of ketones is 1. The molecule has 4 heteroatoms. The highest BCUT2D eigenvalue weighted by molar-refractivity contribution is 6.25. The third kappa shape index (κ3) is 1.82. The summed E-state index contributed by atoms with van der Waals surface area (Å²) in [5.74, 6) is -1.86. The molecule has 4 aliphatic rings. The highest BCUT2D eigenvalue weighted by Gasteiger charge is 2.62. The minimum absolute atomic E-state index is 0.0988. The van der Waals surface area contributed by atoms with Gasteiger partial charge in [0.05, 0.1) is 23.4 Å². The van der Waals surface area contributed by atoms with E-state index in [1.807, 2.05) is 55.5 Å². The number of anilines is 1. The molecular weight excluding hydrogens is 326 g/mol. The second kappa shape index (κ2) is 5.37. The van der Waals surface area contributed by atoms with Gasteiger partial charge in [0.2, 0.25) is 11.8 Å². The van der Waals surface area contributed by atoms with Gasteiger partial charge in [0.1, 0.15) is 5.78 Å². The molecule has 1 heterocycles. The maximum absolute atomic E-state index is 13.3. The van der Waals surface area contributed by atoms with Crippen LogP contribution in [0.2, 0.25) is 0 Å². The van der Waals surface area contributed by atoms with Gasteiger partial charge in [0.15, 0.2) is 0 Å². The van der Waals surface area contributed by atoms with E-state index in [1.54, 1.807) is 0 Å². The second-order valence-corrected chi connectivity index (χ2v) is 7.43. The van der Waals surface area contributed by atoms with Crippen LogP contribution in [-0.4, -0.2) is 17.6 Å². The lowest BCUT2D eigenvalue weighted by Gasteiger charge is -2.43. The van der Waals surface area contributed by atoms with Crippen molar-refractivity contribution in [3.05, 3.63) is 65.2 Å². The van der Waals surface area contributed by atoms with Gasteiger partial charge in [0, 0.05) is 12.3 Å². The van der Waals surface area contributed by atoms with Crippen molar-refractivity contribution in [2.75, 3.05) is 4.90 Å². The third-order valence-corrected chi connectivity index (χ3v) is 6.30. The van der Waals surface area contributed by atoms with E-state index in [2.05, 4.69) is 0 Å². The fourth-order valence-electron chi connectivity index (χ4n) is 5.22. The highest BCUT2D eigenvalue weighted by Crippen LogP contribution is 2.57. The average Bonchev–Trinajstić information content (AvgIpc) is 2.93. The largest absolute Gasteiger partial charge is 0.299 e. The molecule has 4 nitrogen and oxygen atoms in total. The monoisotopic (exact) mass is 345 g/mol. The molecule has 0 radical (unpaired) electrons. The number of nitrogens with zero attached hydrogens (tertiary/aromatic N) is 1. The molecule has 2 bridgehead atoms. The number of fused-ring (bicyclic) bond motifs is 1. The van der Waals surface area contributed by atoms with Gasteiger partial charge < -0.3 is 0 Å². The Bertz CT molecular complexity index is 963. The lowest BCUT2D eigenvalue weighted by atomic mass is 9.56. The van der Waals surface area contributed by atoms with Gasteiger partial charge in [-0.25, -0.2) is 4.90 Å². The van der Waals surface area contributed by atoms with Crippen LogP contribution in [0.5, 0.6) is 0 Å². The highest BCUT2D eigenvalue weighted by atomic mass is 16.2. The summed E-state index contributed by atoms with van der Waals surface area (Å²) in [5.41, 5.74) is 3.67. The van der Waals surface area contributed by atoms with Crippen LogP contribution in [-0.2, 0) is 20.8 Å². The summed E-state index contributed by atoms with van der Waals surface area (Å²) in [6.07, 6.45) is 1.11. The standard InChI is InChI=1S/C22H19NO3/c1-2-12-7-3-6-10-16(12)23-21(25)19-15-11-17(24)18(20(19)22(23)26)14-9-5-4-8-13(14)15/h3-10,15,18-20H,2,11H2,1H3/t15-,18-,19+,20-/m0/s1. The average molecular weight is 345 g/mol. The summed E-state index contributed by atoms with van der Waals surface area (Å²) in [4.78, 5) is 40.7. The van der Waals surface area contributed by atoms with E-state index in [4.69, 9.17) is 0 Å². The van der Waals surface area contributed by atoms with E-state index >= 15 is 0 Å². The lowest BCUT2D eigenvalue weighted by molar-refractivity contribution is -0.134.